The number of hydrogen-bond acceptors (Lipinski definition) is 6. The van der Waals surface area contributed by atoms with Crippen LogP contribution in [-0.4, -0.2) is 55.2 Å². The first kappa shape index (κ1) is 22.3. The van der Waals surface area contributed by atoms with Gasteiger partial charge in [0.2, 0.25) is 5.91 Å². The maximum Gasteiger partial charge on any atom is 0.262 e. The Morgan fingerprint density at radius 2 is 1.97 bits per heavy atom. The molecule has 1 saturated carbocycles. The van der Waals surface area contributed by atoms with Crippen LogP contribution >= 0.6 is 11.3 Å². The lowest BCUT2D eigenvalue weighted by atomic mass is 9.99. The van der Waals surface area contributed by atoms with E-state index >= 15 is 0 Å². The highest BCUT2D eigenvalue weighted by molar-refractivity contribution is 7.12. The quantitative estimate of drug-likeness (QED) is 0.630. The fourth-order valence-corrected chi connectivity index (χ4v) is 5.23. The Bertz CT molecular complexity index is 999. The molecule has 8 heteroatoms. The van der Waals surface area contributed by atoms with Gasteiger partial charge in [-0.05, 0) is 42.5 Å². The minimum atomic E-state index is -0.334. The molecule has 4 rings (SSSR count). The van der Waals surface area contributed by atoms with E-state index in [1.807, 2.05) is 35.7 Å². The highest BCUT2D eigenvalue weighted by atomic mass is 32.1. The molecule has 2 amide bonds. The number of likely N-dealkylation sites (N-methyl/N-ethyl adjacent to an activating group) is 1. The molecule has 2 heterocycles. The minimum Gasteiger partial charge on any atom is -0.497 e. The molecular weight excluding hydrogens is 426 g/mol. The van der Waals surface area contributed by atoms with Gasteiger partial charge in [-0.3, -0.25) is 9.59 Å². The number of amides is 2. The summed E-state index contributed by atoms with van der Waals surface area (Å²) in [4.78, 5) is 28.7. The number of thiophene rings is 1. The maximum atomic E-state index is 13.4. The standard InChI is InChI=1S/C24H29N3O4S/c1-26(24(29)16-7-4-5-8-16)15-23(28)27-20(14-19(25-27)22-9-6-12-32-22)18-13-17(30-2)10-11-21(18)31-3/h6,9-13,16,20H,4-5,7-8,14-15H2,1-3H3/t20-/m0/s1. The second-order valence-electron chi connectivity index (χ2n) is 8.27. The molecule has 0 unspecified atom stereocenters. The third-order valence-electron chi connectivity index (χ3n) is 6.22. The van der Waals surface area contributed by atoms with E-state index in [9.17, 15) is 9.59 Å². The van der Waals surface area contributed by atoms with Crippen molar-refractivity contribution in [1.29, 1.82) is 0 Å². The molecule has 2 aliphatic rings. The van der Waals surface area contributed by atoms with E-state index in [1.165, 1.54) is 5.01 Å². The first-order valence-electron chi connectivity index (χ1n) is 10.9. The van der Waals surface area contributed by atoms with Gasteiger partial charge in [-0.1, -0.05) is 18.9 Å². The zero-order valence-corrected chi connectivity index (χ0v) is 19.6. The summed E-state index contributed by atoms with van der Waals surface area (Å²) in [6.45, 7) is -0.000657. The van der Waals surface area contributed by atoms with Crippen molar-refractivity contribution in [2.75, 3.05) is 27.8 Å². The molecule has 0 spiro atoms. The fourth-order valence-electron chi connectivity index (χ4n) is 4.51. The van der Waals surface area contributed by atoms with Crippen LogP contribution in [0.1, 0.15) is 48.6 Å². The van der Waals surface area contributed by atoms with Gasteiger partial charge in [-0.15, -0.1) is 11.3 Å². The van der Waals surface area contributed by atoms with E-state index in [2.05, 4.69) is 0 Å². The number of hydrazone groups is 1. The molecule has 1 fully saturated rings. The largest absolute Gasteiger partial charge is 0.497 e. The number of methoxy groups -OCH3 is 2. The van der Waals surface area contributed by atoms with Crippen LogP contribution in [0.3, 0.4) is 0 Å². The number of rotatable bonds is 7. The lowest BCUT2D eigenvalue weighted by Crippen LogP contribution is -2.41. The van der Waals surface area contributed by atoms with Gasteiger partial charge in [-0.25, -0.2) is 5.01 Å². The zero-order valence-electron chi connectivity index (χ0n) is 18.7. The first-order chi connectivity index (χ1) is 15.5. The normalized spacial score (nSPS) is 18.5. The maximum absolute atomic E-state index is 13.4. The molecule has 1 aliphatic heterocycles. The molecule has 1 aliphatic carbocycles. The minimum absolute atomic E-state index is 0.000657. The number of carbonyl (C=O) groups is 2. The predicted octanol–water partition coefficient (Wildman–Crippen LogP) is 4.09. The van der Waals surface area contributed by atoms with E-state index < -0.39 is 0 Å². The van der Waals surface area contributed by atoms with Gasteiger partial charge >= 0.3 is 0 Å². The molecule has 0 N–H and O–H groups in total. The van der Waals surface area contributed by atoms with Crippen LogP contribution in [0.4, 0.5) is 0 Å². The Morgan fingerprint density at radius 1 is 1.19 bits per heavy atom. The molecule has 0 bridgehead atoms. The van der Waals surface area contributed by atoms with Crippen molar-refractivity contribution in [2.24, 2.45) is 11.0 Å². The van der Waals surface area contributed by atoms with E-state index in [-0.39, 0.29) is 30.3 Å². The highest BCUT2D eigenvalue weighted by Gasteiger charge is 2.36. The molecular formula is C24H29N3O4S. The number of nitrogens with zero attached hydrogens (tertiary/aromatic N) is 3. The van der Waals surface area contributed by atoms with Crippen molar-refractivity contribution in [3.63, 3.8) is 0 Å². The molecule has 1 aromatic carbocycles. The average Bonchev–Trinajstić information content (AvgIpc) is 3.58. The topological polar surface area (TPSA) is 71.4 Å². The number of carbonyl (C=O) groups excluding carboxylic acids is 2. The van der Waals surface area contributed by atoms with Crippen molar-refractivity contribution in [3.05, 3.63) is 46.2 Å². The van der Waals surface area contributed by atoms with Crippen molar-refractivity contribution < 1.29 is 19.1 Å². The summed E-state index contributed by atoms with van der Waals surface area (Å²) in [7, 11) is 4.93. The second kappa shape index (κ2) is 9.73. The summed E-state index contributed by atoms with van der Waals surface area (Å²) in [6, 6.07) is 9.22. The summed E-state index contributed by atoms with van der Waals surface area (Å²) in [5, 5.41) is 8.22. The predicted molar refractivity (Wildman–Crippen MR) is 124 cm³/mol. The fraction of sp³-hybridized carbons (Fsp3) is 0.458. The summed E-state index contributed by atoms with van der Waals surface area (Å²) in [6.07, 6.45) is 4.54. The monoisotopic (exact) mass is 455 g/mol. The number of ether oxygens (including phenoxy) is 2. The van der Waals surface area contributed by atoms with Gasteiger partial charge < -0.3 is 14.4 Å². The van der Waals surface area contributed by atoms with Gasteiger partial charge in [0.05, 0.1) is 30.9 Å². The van der Waals surface area contributed by atoms with Crippen LogP contribution in [0.2, 0.25) is 0 Å². The Balaban J connectivity index is 1.61. The Morgan fingerprint density at radius 3 is 2.62 bits per heavy atom. The second-order valence-corrected chi connectivity index (χ2v) is 9.21. The van der Waals surface area contributed by atoms with E-state index in [4.69, 9.17) is 14.6 Å². The van der Waals surface area contributed by atoms with Crippen molar-refractivity contribution in [3.8, 4) is 11.5 Å². The molecule has 7 nitrogen and oxygen atoms in total. The lowest BCUT2D eigenvalue weighted by molar-refractivity contribution is -0.142. The lowest BCUT2D eigenvalue weighted by Gasteiger charge is -2.27. The van der Waals surface area contributed by atoms with Crippen molar-refractivity contribution in [1.82, 2.24) is 9.91 Å². The van der Waals surface area contributed by atoms with Gasteiger partial charge in [0.25, 0.3) is 5.91 Å². The van der Waals surface area contributed by atoms with E-state index in [0.29, 0.717) is 17.9 Å². The van der Waals surface area contributed by atoms with Crippen LogP contribution in [0, 0.1) is 5.92 Å². The Kier molecular flexibility index (Phi) is 6.79. The summed E-state index contributed by atoms with van der Waals surface area (Å²) in [5.41, 5.74) is 1.69. The van der Waals surface area contributed by atoms with Crippen LogP contribution in [0.25, 0.3) is 0 Å². The van der Waals surface area contributed by atoms with E-state index in [1.54, 1.807) is 37.5 Å². The van der Waals surface area contributed by atoms with Gasteiger partial charge in [0.15, 0.2) is 0 Å². The summed E-state index contributed by atoms with van der Waals surface area (Å²) >= 11 is 1.60. The smallest absolute Gasteiger partial charge is 0.262 e. The van der Waals surface area contributed by atoms with Crippen LogP contribution < -0.4 is 9.47 Å². The molecule has 32 heavy (non-hydrogen) atoms. The zero-order chi connectivity index (χ0) is 22.7. The van der Waals surface area contributed by atoms with Gasteiger partial charge in [-0.2, -0.15) is 5.10 Å². The third kappa shape index (κ3) is 4.50. The molecule has 0 radical (unpaired) electrons. The molecule has 170 valence electrons. The van der Waals surface area contributed by atoms with Gasteiger partial charge in [0, 0.05) is 24.9 Å². The molecule has 1 aromatic heterocycles. The van der Waals surface area contributed by atoms with Crippen LogP contribution in [0.5, 0.6) is 11.5 Å². The number of hydrogen-bond donors (Lipinski definition) is 0. The summed E-state index contributed by atoms with van der Waals surface area (Å²) < 4.78 is 11.0. The SMILES string of the molecule is COc1ccc(OC)c([C@@H]2CC(c3cccs3)=NN2C(=O)CN(C)C(=O)C2CCCC2)c1. The Labute approximate surface area is 192 Å². The third-order valence-corrected chi connectivity index (χ3v) is 7.14. The first-order valence-corrected chi connectivity index (χ1v) is 11.8. The average molecular weight is 456 g/mol. The molecule has 0 saturated heterocycles. The van der Waals surface area contributed by atoms with Gasteiger partial charge in [0.1, 0.15) is 18.0 Å². The van der Waals surface area contributed by atoms with Crippen LogP contribution in [-0.2, 0) is 9.59 Å². The number of benzene rings is 1. The van der Waals surface area contributed by atoms with Crippen molar-refractivity contribution >= 4 is 28.9 Å². The molecule has 2 aromatic rings. The van der Waals surface area contributed by atoms with E-state index in [0.717, 1.165) is 41.8 Å². The summed E-state index contributed by atoms with van der Waals surface area (Å²) in [5.74, 6) is 1.23. The molecule has 1 atom stereocenters. The van der Waals surface area contributed by atoms with Crippen LogP contribution in [0.15, 0.2) is 40.8 Å². The Hall–Kier alpha value is -2.87. The highest BCUT2D eigenvalue weighted by Crippen LogP contribution is 2.40. The van der Waals surface area contributed by atoms with Crippen molar-refractivity contribution in [2.45, 2.75) is 38.1 Å².